The standard InChI is InChI=1S/C28H35FN4O5S/c1-17(2)16-37-21-13-19(12-20(29)14-21)23-11-10-22(27(31-23)38-18(3)15-28(4,5)6)26(34)33-39(35,36)25-9-7-8-24(30)32-25/h7-14,17-18H,15-16H2,1-6H3,(H2,30,32)(H,33,34). The highest BCUT2D eigenvalue weighted by Gasteiger charge is 2.26. The SMILES string of the molecule is CC(C)COc1cc(F)cc(-c2ccc(C(=O)NS(=O)(=O)c3cccc(N)n3)c(OC(C)CC(C)(C)C)n2)c1. The normalized spacial score (nSPS) is 12.7. The molecule has 2 aromatic heterocycles. The van der Waals surface area contributed by atoms with Crippen LogP contribution in [0.3, 0.4) is 0 Å². The first-order chi connectivity index (χ1) is 18.1. The van der Waals surface area contributed by atoms with Crippen molar-refractivity contribution in [3.05, 3.63) is 59.9 Å². The van der Waals surface area contributed by atoms with Crippen LogP contribution in [0.2, 0.25) is 0 Å². The van der Waals surface area contributed by atoms with Gasteiger partial charge in [-0.05, 0) is 61.1 Å². The summed E-state index contributed by atoms with van der Waals surface area (Å²) >= 11 is 0. The smallest absolute Gasteiger partial charge is 0.281 e. The number of nitrogens with one attached hydrogen (secondary N) is 1. The molecule has 3 aromatic rings. The zero-order valence-corrected chi connectivity index (χ0v) is 23.8. The molecule has 9 nitrogen and oxygen atoms in total. The highest BCUT2D eigenvalue weighted by molar-refractivity contribution is 7.90. The number of carbonyl (C=O) groups excluding carboxylic acids is 1. The Hall–Kier alpha value is -3.73. The maximum Gasteiger partial charge on any atom is 0.281 e. The molecule has 0 aliphatic carbocycles. The summed E-state index contributed by atoms with van der Waals surface area (Å²) in [5.74, 6) is -0.993. The van der Waals surface area contributed by atoms with E-state index in [1.165, 1.54) is 42.5 Å². The maximum absolute atomic E-state index is 14.4. The zero-order chi connectivity index (χ0) is 29.0. The van der Waals surface area contributed by atoms with Crippen LogP contribution in [0.5, 0.6) is 11.6 Å². The Morgan fingerprint density at radius 3 is 2.44 bits per heavy atom. The van der Waals surface area contributed by atoms with Gasteiger partial charge in [0.2, 0.25) is 5.88 Å². The number of nitrogen functional groups attached to an aromatic ring is 1. The van der Waals surface area contributed by atoms with Gasteiger partial charge in [-0.15, -0.1) is 0 Å². The molecular formula is C28H35FN4O5S. The van der Waals surface area contributed by atoms with Crippen molar-refractivity contribution in [1.82, 2.24) is 14.7 Å². The van der Waals surface area contributed by atoms with Gasteiger partial charge in [0.1, 0.15) is 22.9 Å². The number of carbonyl (C=O) groups is 1. The Bertz CT molecular complexity index is 1440. The number of ether oxygens (including phenoxy) is 2. The lowest BCUT2D eigenvalue weighted by molar-refractivity contribution is 0.0969. The van der Waals surface area contributed by atoms with Gasteiger partial charge in [0.15, 0.2) is 5.03 Å². The van der Waals surface area contributed by atoms with Gasteiger partial charge in [-0.3, -0.25) is 4.79 Å². The second-order valence-electron chi connectivity index (χ2n) is 11.0. The topological polar surface area (TPSA) is 134 Å². The Kier molecular flexibility index (Phi) is 9.16. The van der Waals surface area contributed by atoms with E-state index in [2.05, 4.69) is 9.97 Å². The third-order valence-corrected chi connectivity index (χ3v) is 6.55. The van der Waals surface area contributed by atoms with E-state index in [4.69, 9.17) is 15.2 Å². The third kappa shape index (κ3) is 8.64. The molecule has 1 amide bonds. The van der Waals surface area contributed by atoms with E-state index >= 15 is 0 Å². The van der Waals surface area contributed by atoms with Gasteiger partial charge < -0.3 is 15.2 Å². The van der Waals surface area contributed by atoms with E-state index in [0.717, 1.165) is 0 Å². The van der Waals surface area contributed by atoms with Crippen LogP contribution in [0.4, 0.5) is 10.2 Å². The van der Waals surface area contributed by atoms with Crippen molar-refractivity contribution in [2.45, 2.75) is 59.1 Å². The second kappa shape index (κ2) is 12.0. The third-order valence-electron chi connectivity index (χ3n) is 5.32. The van der Waals surface area contributed by atoms with Gasteiger partial charge in [0, 0.05) is 11.6 Å². The highest BCUT2D eigenvalue weighted by Crippen LogP contribution is 2.30. The van der Waals surface area contributed by atoms with Gasteiger partial charge >= 0.3 is 0 Å². The number of amides is 1. The summed E-state index contributed by atoms with van der Waals surface area (Å²) in [6.45, 7) is 12.3. The molecule has 0 radical (unpaired) electrons. The van der Waals surface area contributed by atoms with Crippen molar-refractivity contribution in [2.75, 3.05) is 12.3 Å². The molecule has 1 unspecified atom stereocenters. The van der Waals surface area contributed by atoms with Crippen molar-refractivity contribution in [3.8, 4) is 22.9 Å². The lowest BCUT2D eigenvalue weighted by Crippen LogP contribution is -2.32. The zero-order valence-electron chi connectivity index (χ0n) is 23.0. The summed E-state index contributed by atoms with van der Waals surface area (Å²) in [5, 5.41) is -0.405. The summed E-state index contributed by atoms with van der Waals surface area (Å²) < 4.78 is 53.8. The summed E-state index contributed by atoms with van der Waals surface area (Å²) in [5.41, 5.74) is 6.12. The summed E-state index contributed by atoms with van der Waals surface area (Å²) in [6.07, 6.45) is 0.252. The molecule has 1 atom stereocenters. The number of halogens is 1. The number of hydrogen-bond donors (Lipinski definition) is 2. The molecule has 0 spiro atoms. The predicted molar refractivity (Wildman–Crippen MR) is 147 cm³/mol. The molecule has 210 valence electrons. The van der Waals surface area contributed by atoms with Crippen LogP contribution in [-0.4, -0.2) is 37.0 Å². The Balaban J connectivity index is 2.00. The van der Waals surface area contributed by atoms with E-state index in [-0.39, 0.29) is 34.7 Å². The molecular weight excluding hydrogens is 523 g/mol. The number of nitrogens with zero attached hydrogens (tertiary/aromatic N) is 2. The Morgan fingerprint density at radius 1 is 1.08 bits per heavy atom. The van der Waals surface area contributed by atoms with Crippen LogP contribution < -0.4 is 19.9 Å². The number of rotatable bonds is 10. The summed E-state index contributed by atoms with van der Waals surface area (Å²) in [6, 6.07) is 11.2. The molecule has 0 saturated heterocycles. The van der Waals surface area contributed by atoms with E-state index in [9.17, 15) is 17.6 Å². The van der Waals surface area contributed by atoms with Crippen LogP contribution in [0.1, 0.15) is 58.3 Å². The second-order valence-corrected chi connectivity index (χ2v) is 12.6. The molecule has 0 fully saturated rings. The molecule has 3 N–H and O–H groups in total. The van der Waals surface area contributed by atoms with E-state index in [0.29, 0.717) is 30.0 Å². The average Bonchev–Trinajstić information content (AvgIpc) is 2.81. The lowest BCUT2D eigenvalue weighted by Gasteiger charge is -2.24. The number of hydrogen-bond acceptors (Lipinski definition) is 8. The van der Waals surface area contributed by atoms with Crippen LogP contribution in [0.25, 0.3) is 11.3 Å². The fourth-order valence-electron chi connectivity index (χ4n) is 3.83. The molecule has 1 aromatic carbocycles. The minimum atomic E-state index is -4.33. The van der Waals surface area contributed by atoms with Crippen molar-refractivity contribution in [1.29, 1.82) is 0 Å². The van der Waals surface area contributed by atoms with Gasteiger partial charge in [-0.1, -0.05) is 40.7 Å². The molecule has 2 heterocycles. The first-order valence-corrected chi connectivity index (χ1v) is 14.0. The van der Waals surface area contributed by atoms with E-state index in [1.807, 2.05) is 46.3 Å². The first-order valence-electron chi connectivity index (χ1n) is 12.5. The number of anilines is 1. The molecule has 11 heteroatoms. The highest BCUT2D eigenvalue weighted by atomic mass is 32.2. The van der Waals surface area contributed by atoms with Crippen molar-refractivity contribution < 1.29 is 27.1 Å². The molecule has 3 rings (SSSR count). The van der Waals surface area contributed by atoms with E-state index < -0.39 is 26.8 Å². The number of sulfonamides is 1. The fraction of sp³-hybridized carbons (Fsp3) is 0.393. The Labute approximate surface area is 229 Å². The minimum Gasteiger partial charge on any atom is -0.493 e. The molecule has 39 heavy (non-hydrogen) atoms. The first kappa shape index (κ1) is 29.8. The molecule has 0 aliphatic heterocycles. The molecule has 0 saturated carbocycles. The largest absolute Gasteiger partial charge is 0.493 e. The van der Waals surface area contributed by atoms with Crippen molar-refractivity contribution >= 4 is 21.7 Å². The lowest BCUT2D eigenvalue weighted by atomic mass is 9.90. The number of pyridine rings is 2. The molecule has 0 aliphatic rings. The van der Waals surface area contributed by atoms with Crippen LogP contribution >= 0.6 is 0 Å². The molecule has 0 bridgehead atoms. The van der Waals surface area contributed by atoms with Gasteiger partial charge in [0.25, 0.3) is 15.9 Å². The number of aromatic nitrogens is 2. The van der Waals surface area contributed by atoms with Gasteiger partial charge in [0.05, 0.1) is 18.4 Å². The van der Waals surface area contributed by atoms with Crippen LogP contribution in [-0.2, 0) is 10.0 Å². The Morgan fingerprint density at radius 2 is 1.79 bits per heavy atom. The quantitative estimate of drug-likeness (QED) is 0.346. The van der Waals surface area contributed by atoms with E-state index in [1.54, 1.807) is 6.07 Å². The average molecular weight is 559 g/mol. The van der Waals surface area contributed by atoms with Crippen LogP contribution in [0, 0.1) is 17.2 Å². The summed E-state index contributed by atoms with van der Waals surface area (Å²) in [4.78, 5) is 21.4. The van der Waals surface area contributed by atoms with Gasteiger partial charge in [-0.25, -0.2) is 19.1 Å². The van der Waals surface area contributed by atoms with Crippen molar-refractivity contribution in [3.63, 3.8) is 0 Å². The number of nitrogens with two attached hydrogens (primary N) is 1. The predicted octanol–water partition coefficient (Wildman–Crippen LogP) is 5.22. The van der Waals surface area contributed by atoms with Gasteiger partial charge in [-0.2, -0.15) is 8.42 Å². The monoisotopic (exact) mass is 558 g/mol. The van der Waals surface area contributed by atoms with Crippen LogP contribution in [0.15, 0.2) is 53.6 Å². The van der Waals surface area contributed by atoms with Crippen molar-refractivity contribution in [2.24, 2.45) is 11.3 Å². The number of benzene rings is 1. The fourth-order valence-corrected chi connectivity index (χ4v) is 4.77. The summed E-state index contributed by atoms with van der Waals surface area (Å²) in [7, 11) is -4.33. The minimum absolute atomic E-state index is 0.0109. The maximum atomic E-state index is 14.4.